The third-order valence-corrected chi connectivity index (χ3v) is 5.52. The maximum absolute atomic E-state index is 12.5. The highest BCUT2D eigenvalue weighted by Crippen LogP contribution is 2.26. The molecule has 1 saturated heterocycles. The zero-order chi connectivity index (χ0) is 14.0. The second-order valence-corrected chi connectivity index (χ2v) is 7.39. The Labute approximate surface area is 133 Å². The van der Waals surface area contributed by atoms with Crippen molar-refractivity contribution in [1.29, 1.82) is 5.26 Å². The van der Waals surface area contributed by atoms with Crippen molar-refractivity contribution in [2.45, 2.75) is 11.3 Å². The minimum absolute atomic E-state index is 0. The van der Waals surface area contributed by atoms with Gasteiger partial charge < -0.3 is 5.73 Å². The highest BCUT2D eigenvalue weighted by atomic mass is 79.9. The molecule has 0 bridgehead atoms. The normalized spacial score (nSPS) is 19.4. The summed E-state index contributed by atoms with van der Waals surface area (Å²) >= 11 is 3.23. The Morgan fingerprint density at radius 2 is 2.15 bits per heavy atom. The van der Waals surface area contributed by atoms with Crippen molar-refractivity contribution in [2.24, 2.45) is 11.7 Å². The van der Waals surface area contributed by atoms with Crippen LogP contribution in [0.4, 0.5) is 0 Å². The summed E-state index contributed by atoms with van der Waals surface area (Å²) in [5, 5.41) is 8.90. The third-order valence-electron chi connectivity index (χ3n) is 3.22. The fraction of sp³-hybridized carbons (Fsp3) is 0.417. The molecule has 5 nitrogen and oxygen atoms in total. The van der Waals surface area contributed by atoms with Crippen molar-refractivity contribution >= 4 is 38.4 Å². The summed E-state index contributed by atoms with van der Waals surface area (Å²) in [5.74, 6) is 0.220. The van der Waals surface area contributed by atoms with Crippen molar-refractivity contribution in [3.63, 3.8) is 0 Å². The first-order valence-electron chi connectivity index (χ1n) is 5.88. The van der Waals surface area contributed by atoms with Crippen LogP contribution in [0, 0.1) is 17.2 Å². The zero-order valence-electron chi connectivity index (χ0n) is 10.6. The van der Waals surface area contributed by atoms with Crippen molar-refractivity contribution in [1.82, 2.24) is 4.31 Å². The zero-order valence-corrected chi connectivity index (χ0v) is 13.8. The topological polar surface area (TPSA) is 87.2 Å². The number of rotatable bonds is 3. The maximum atomic E-state index is 12.5. The predicted molar refractivity (Wildman–Crippen MR) is 82.0 cm³/mol. The number of nitrogens with two attached hydrogens (primary N) is 1. The Morgan fingerprint density at radius 3 is 2.70 bits per heavy atom. The first-order chi connectivity index (χ1) is 8.97. The van der Waals surface area contributed by atoms with Gasteiger partial charge in [0, 0.05) is 17.6 Å². The van der Waals surface area contributed by atoms with E-state index in [-0.39, 0.29) is 23.2 Å². The molecule has 1 unspecified atom stereocenters. The minimum atomic E-state index is -3.54. The molecule has 20 heavy (non-hydrogen) atoms. The molecule has 1 aliphatic rings. The fourth-order valence-electron chi connectivity index (χ4n) is 2.13. The van der Waals surface area contributed by atoms with Gasteiger partial charge in [-0.15, -0.1) is 12.4 Å². The molecule has 8 heteroatoms. The molecule has 1 aliphatic heterocycles. The molecule has 0 spiro atoms. The standard InChI is InChI=1S/C12H14BrN3O2S.ClH/c13-11-3-10(7-15)4-12(5-11)19(17,18)16-2-1-9(6-14)8-16;/h3-5,9H,1-2,6,8,14H2;1H. The molecule has 0 aliphatic carbocycles. The number of nitriles is 1. The summed E-state index contributed by atoms with van der Waals surface area (Å²) in [6.45, 7) is 1.43. The van der Waals surface area contributed by atoms with Gasteiger partial charge in [0.1, 0.15) is 0 Å². The van der Waals surface area contributed by atoms with Gasteiger partial charge >= 0.3 is 0 Å². The number of hydrogen-bond donors (Lipinski definition) is 1. The molecular formula is C12H15BrClN3O2S. The second kappa shape index (κ2) is 6.87. The van der Waals surface area contributed by atoms with Gasteiger partial charge in [-0.2, -0.15) is 9.57 Å². The van der Waals surface area contributed by atoms with Crippen LogP contribution in [0.3, 0.4) is 0 Å². The molecule has 110 valence electrons. The number of nitrogens with zero attached hydrogens (tertiary/aromatic N) is 2. The summed E-state index contributed by atoms with van der Waals surface area (Å²) in [7, 11) is -3.54. The van der Waals surface area contributed by atoms with Gasteiger partial charge in [0.15, 0.2) is 0 Å². The smallest absolute Gasteiger partial charge is 0.243 e. The molecule has 0 amide bonds. The van der Waals surface area contributed by atoms with E-state index in [1.807, 2.05) is 6.07 Å². The maximum Gasteiger partial charge on any atom is 0.243 e. The van der Waals surface area contributed by atoms with Crippen LogP contribution in [0.2, 0.25) is 0 Å². The molecule has 1 atom stereocenters. The second-order valence-electron chi connectivity index (χ2n) is 4.54. The van der Waals surface area contributed by atoms with Gasteiger partial charge in [0.25, 0.3) is 0 Å². The first-order valence-corrected chi connectivity index (χ1v) is 8.11. The Balaban J connectivity index is 0.00000200. The quantitative estimate of drug-likeness (QED) is 0.865. The van der Waals surface area contributed by atoms with Gasteiger partial charge in [-0.05, 0) is 37.1 Å². The van der Waals surface area contributed by atoms with Crippen molar-refractivity contribution in [3.8, 4) is 6.07 Å². The molecule has 1 heterocycles. The van der Waals surface area contributed by atoms with E-state index in [2.05, 4.69) is 15.9 Å². The van der Waals surface area contributed by atoms with Crippen LogP contribution < -0.4 is 5.73 Å². The van der Waals surface area contributed by atoms with Crippen LogP contribution >= 0.6 is 28.3 Å². The van der Waals surface area contributed by atoms with Crippen molar-refractivity contribution < 1.29 is 8.42 Å². The van der Waals surface area contributed by atoms with Crippen molar-refractivity contribution in [3.05, 3.63) is 28.2 Å². The Kier molecular flexibility index (Phi) is 5.98. The van der Waals surface area contributed by atoms with E-state index >= 15 is 0 Å². The number of sulfonamides is 1. The van der Waals surface area contributed by atoms with E-state index in [4.69, 9.17) is 11.0 Å². The van der Waals surface area contributed by atoms with Gasteiger partial charge in [-0.1, -0.05) is 15.9 Å². The lowest BCUT2D eigenvalue weighted by atomic mass is 10.1. The molecule has 0 aromatic heterocycles. The molecule has 2 rings (SSSR count). The minimum Gasteiger partial charge on any atom is -0.330 e. The lowest BCUT2D eigenvalue weighted by molar-refractivity contribution is 0.459. The third kappa shape index (κ3) is 3.51. The van der Waals surface area contributed by atoms with Crippen LogP contribution in [0.25, 0.3) is 0 Å². The number of benzene rings is 1. The monoisotopic (exact) mass is 379 g/mol. The van der Waals surface area contributed by atoms with Gasteiger partial charge in [-0.25, -0.2) is 8.42 Å². The number of halogens is 2. The molecule has 0 saturated carbocycles. The summed E-state index contributed by atoms with van der Waals surface area (Å²) < 4.78 is 27.0. The van der Waals surface area contributed by atoms with Crippen molar-refractivity contribution in [2.75, 3.05) is 19.6 Å². The highest BCUT2D eigenvalue weighted by Gasteiger charge is 2.32. The molecule has 1 aromatic carbocycles. The summed E-state index contributed by atoms with van der Waals surface area (Å²) in [4.78, 5) is 0.149. The average molecular weight is 381 g/mol. The highest BCUT2D eigenvalue weighted by molar-refractivity contribution is 9.10. The van der Waals surface area contributed by atoms with E-state index in [0.29, 0.717) is 29.7 Å². The Hall–Kier alpha value is -0.650. The van der Waals surface area contributed by atoms with Gasteiger partial charge in [0.05, 0.1) is 16.5 Å². The SMILES string of the molecule is Cl.N#Cc1cc(Br)cc(S(=O)(=O)N2CCC(CN)C2)c1. The lowest BCUT2D eigenvalue weighted by Gasteiger charge is -2.16. The molecule has 2 N–H and O–H groups in total. The Bertz CT molecular complexity index is 630. The van der Waals surface area contributed by atoms with E-state index < -0.39 is 10.0 Å². The molecular weight excluding hydrogens is 366 g/mol. The van der Waals surface area contributed by atoms with E-state index in [1.54, 1.807) is 6.07 Å². The lowest BCUT2D eigenvalue weighted by Crippen LogP contribution is -2.30. The summed E-state index contributed by atoms with van der Waals surface area (Å²) in [6, 6.07) is 6.47. The fourth-order valence-corrected chi connectivity index (χ4v) is 4.38. The molecule has 1 fully saturated rings. The largest absolute Gasteiger partial charge is 0.330 e. The van der Waals surface area contributed by atoms with Gasteiger partial charge in [-0.3, -0.25) is 0 Å². The van der Waals surface area contributed by atoms with Crippen LogP contribution in [0.1, 0.15) is 12.0 Å². The molecule has 1 aromatic rings. The van der Waals surface area contributed by atoms with Crippen LogP contribution in [-0.4, -0.2) is 32.4 Å². The van der Waals surface area contributed by atoms with E-state index in [1.165, 1.54) is 16.4 Å². The first kappa shape index (κ1) is 17.4. The number of hydrogen-bond acceptors (Lipinski definition) is 4. The average Bonchev–Trinajstić information content (AvgIpc) is 2.87. The van der Waals surface area contributed by atoms with Crippen LogP contribution in [-0.2, 0) is 10.0 Å². The van der Waals surface area contributed by atoms with Crippen LogP contribution in [0.15, 0.2) is 27.6 Å². The summed E-state index contributed by atoms with van der Waals surface area (Å²) in [6.07, 6.45) is 0.787. The molecule has 0 radical (unpaired) electrons. The van der Waals surface area contributed by atoms with E-state index in [9.17, 15) is 8.42 Å². The van der Waals surface area contributed by atoms with E-state index in [0.717, 1.165) is 6.42 Å². The van der Waals surface area contributed by atoms with Gasteiger partial charge in [0.2, 0.25) is 10.0 Å². The Morgan fingerprint density at radius 1 is 1.45 bits per heavy atom. The van der Waals surface area contributed by atoms with Crippen LogP contribution in [0.5, 0.6) is 0 Å². The predicted octanol–water partition coefficient (Wildman–Crippen LogP) is 1.71. The summed E-state index contributed by atoms with van der Waals surface area (Å²) in [5.41, 5.74) is 5.90.